The van der Waals surface area contributed by atoms with Crippen LogP contribution in [0.25, 0.3) is 11.5 Å². The molecule has 37 heavy (non-hydrogen) atoms. The number of para-hydroxylation sites is 1. The Hall–Kier alpha value is -4.64. The second kappa shape index (κ2) is 8.79. The van der Waals surface area contributed by atoms with Gasteiger partial charge in [-0.05, 0) is 6.07 Å². The van der Waals surface area contributed by atoms with E-state index in [1.165, 1.54) is 0 Å². The summed E-state index contributed by atoms with van der Waals surface area (Å²) in [7, 11) is 0. The Kier molecular flexibility index (Phi) is 5.14. The molecule has 0 saturated carbocycles. The van der Waals surface area contributed by atoms with Gasteiger partial charge in [-0.3, -0.25) is 4.79 Å². The van der Waals surface area contributed by atoms with E-state index in [0.29, 0.717) is 22.9 Å². The smallest absolute Gasteiger partial charge is 0.317 e. The average Bonchev–Trinajstić information content (AvgIpc) is 3.35. The van der Waals surface area contributed by atoms with Crippen molar-refractivity contribution < 1.29 is 13.9 Å². The van der Waals surface area contributed by atoms with Gasteiger partial charge in [-0.1, -0.05) is 53.6 Å². The van der Waals surface area contributed by atoms with Crippen molar-refractivity contribution in [3.63, 3.8) is 0 Å². The summed E-state index contributed by atoms with van der Waals surface area (Å²) >= 11 is 0. The first-order chi connectivity index (χ1) is 18.2. The fourth-order valence-corrected chi connectivity index (χ4v) is 4.81. The molecule has 6 heterocycles. The Balaban J connectivity index is 1.13. The number of ether oxygens (including phenoxy) is 1. The normalized spacial score (nSPS) is 22.3. The van der Waals surface area contributed by atoms with Crippen LogP contribution in [0.4, 0.5) is 17.7 Å². The van der Waals surface area contributed by atoms with Gasteiger partial charge in [0.15, 0.2) is 0 Å². The lowest BCUT2D eigenvalue weighted by Gasteiger charge is -2.46. The van der Waals surface area contributed by atoms with E-state index in [9.17, 15) is 4.79 Å². The molecule has 2 N–H and O–H groups in total. The van der Waals surface area contributed by atoms with Crippen molar-refractivity contribution in [2.75, 3.05) is 28.6 Å². The van der Waals surface area contributed by atoms with Gasteiger partial charge in [0.2, 0.25) is 12.1 Å². The van der Waals surface area contributed by atoms with Crippen LogP contribution in [0.5, 0.6) is 0 Å². The predicted octanol–water partition coefficient (Wildman–Crippen LogP) is 2.73. The van der Waals surface area contributed by atoms with Crippen LogP contribution in [-0.2, 0) is 9.53 Å². The van der Waals surface area contributed by atoms with Crippen molar-refractivity contribution in [1.82, 2.24) is 20.2 Å². The van der Waals surface area contributed by atoms with Gasteiger partial charge < -0.3 is 24.7 Å². The highest BCUT2D eigenvalue weighted by atomic mass is 16.5. The molecule has 11 nitrogen and oxygen atoms in total. The molecule has 4 aliphatic heterocycles. The quantitative estimate of drug-likeness (QED) is 0.430. The van der Waals surface area contributed by atoms with E-state index in [-0.39, 0.29) is 30.0 Å². The summed E-state index contributed by atoms with van der Waals surface area (Å²) in [6, 6.07) is 17.3. The van der Waals surface area contributed by atoms with Crippen LogP contribution < -0.4 is 15.5 Å². The van der Waals surface area contributed by atoms with Crippen molar-refractivity contribution in [2.24, 2.45) is 4.99 Å². The number of amides is 1. The van der Waals surface area contributed by atoms with Crippen molar-refractivity contribution >= 4 is 29.3 Å². The van der Waals surface area contributed by atoms with E-state index in [4.69, 9.17) is 14.1 Å². The number of morpholine rings is 1. The second-order valence-electron chi connectivity index (χ2n) is 9.13. The maximum Gasteiger partial charge on any atom is 0.317 e. The van der Waals surface area contributed by atoms with Crippen molar-refractivity contribution in [2.45, 2.75) is 24.8 Å². The van der Waals surface area contributed by atoms with Gasteiger partial charge in [0.1, 0.15) is 0 Å². The third-order valence-electron chi connectivity index (χ3n) is 6.61. The van der Waals surface area contributed by atoms with Gasteiger partial charge in [-0.15, -0.1) is 5.10 Å². The Labute approximate surface area is 211 Å². The summed E-state index contributed by atoms with van der Waals surface area (Å²) in [6.07, 6.45) is 3.97. The summed E-state index contributed by atoms with van der Waals surface area (Å²) in [5.41, 5.74) is 3.65. The number of fused-ring (bicyclic) bond motifs is 3. The highest BCUT2D eigenvalue weighted by molar-refractivity contribution is 6.19. The molecule has 0 spiro atoms. The van der Waals surface area contributed by atoms with E-state index in [0.717, 1.165) is 30.6 Å². The third-order valence-corrected chi connectivity index (χ3v) is 6.61. The summed E-state index contributed by atoms with van der Waals surface area (Å²) in [6.45, 7) is 1.59. The Morgan fingerprint density at radius 3 is 2.43 bits per heavy atom. The first-order valence-corrected chi connectivity index (χ1v) is 12.1. The SMILES string of the molecule is O=C1Nc2ccccc2C(c2ccccc2)=NC1Nc1nnc(-c2cnc(N3CC4CC(C3)O4)nc2)o1. The van der Waals surface area contributed by atoms with Gasteiger partial charge in [0.05, 0.1) is 29.2 Å². The number of benzene rings is 2. The van der Waals surface area contributed by atoms with Gasteiger partial charge >= 0.3 is 6.01 Å². The Bertz CT molecular complexity index is 1470. The molecule has 3 unspecified atom stereocenters. The molecule has 2 bridgehead atoms. The lowest BCUT2D eigenvalue weighted by atomic mass is 9.99. The lowest BCUT2D eigenvalue weighted by molar-refractivity contribution is -0.133. The molecule has 1 amide bonds. The van der Waals surface area contributed by atoms with Crippen molar-refractivity contribution in [3.05, 3.63) is 78.1 Å². The Morgan fingerprint density at radius 2 is 1.65 bits per heavy atom. The molecule has 2 aromatic heterocycles. The Morgan fingerprint density at radius 1 is 0.919 bits per heavy atom. The van der Waals surface area contributed by atoms with Crippen LogP contribution >= 0.6 is 0 Å². The number of nitrogens with zero attached hydrogens (tertiary/aromatic N) is 6. The van der Waals surface area contributed by atoms with E-state index in [1.807, 2.05) is 54.6 Å². The molecule has 4 aliphatic rings. The molecule has 0 aliphatic carbocycles. The highest BCUT2D eigenvalue weighted by Gasteiger charge is 2.39. The zero-order valence-electron chi connectivity index (χ0n) is 19.6. The lowest BCUT2D eigenvalue weighted by Crippen LogP contribution is -2.57. The fourth-order valence-electron chi connectivity index (χ4n) is 4.81. The van der Waals surface area contributed by atoms with Crippen molar-refractivity contribution in [3.8, 4) is 11.5 Å². The topological polar surface area (TPSA) is 131 Å². The molecular weight excluding hydrogens is 472 g/mol. The zero-order valence-corrected chi connectivity index (χ0v) is 19.6. The summed E-state index contributed by atoms with van der Waals surface area (Å²) in [4.78, 5) is 28.9. The minimum atomic E-state index is -0.984. The van der Waals surface area contributed by atoms with Crippen LogP contribution in [0.2, 0.25) is 0 Å². The van der Waals surface area contributed by atoms with Crippen LogP contribution in [0, 0.1) is 0 Å². The predicted molar refractivity (Wildman–Crippen MR) is 135 cm³/mol. The number of rotatable bonds is 5. The largest absolute Gasteiger partial charge is 0.403 e. The molecule has 3 atom stereocenters. The third kappa shape index (κ3) is 4.08. The number of carbonyl (C=O) groups excluding carboxylic acids is 1. The van der Waals surface area contributed by atoms with E-state index in [1.54, 1.807) is 12.4 Å². The minimum absolute atomic E-state index is 0.0645. The van der Waals surface area contributed by atoms with Gasteiger partial charge in [-0.25, -0.2) is 15.0 Å². The molecular formula is C26H22N8O3. The standard InChI is InChI=1S/C26H22N8O3/c35-23-22(30-21(15-6-2-1-3-7-15)19-8-4-5-9-20(19)29-23)31-26-33-32-24(37-26)16-11-27-25(28-12-16)34-13-17-10-18(14-34)36-17/h1-9,11-12,17-18,22H,10,13-14H2,(H,29,35)(H,31,33). The molecule has 2 aromatic carbocycles. The van der Waals surface area contributed by atoms with E-state index >= 15 is 0 Å². The number of piperidine rings is 1. The van der Waals surface area contributed by atoms with Crippen LogP contribution in [0.15, 0.2) is 76.4 Å². The molecule has 184 valence electrons. The van der Waals surface area contributed by atoms with Crippen LogP contribution in [0.1, 0.15) is 17.5 Å². The number of carbonyl (C=O) groups is 1. The number of anilines is 3. The number of hydrogen-bond acceptors (Lipinski definition) is 10. The molecule has 4 aromatic rings. The second-order valence-corrected chi connectivity index (χ2v) is 9.13. The molecule has 11 heteroatoms. The number of aliphatic imine (C=N–C) groups is 1. The summed E-state index contributed by atoms with van der Waals surface area (Å²) in [5.74, 6) is 0.551. The number of benzodiazepines with no additional fused rings is 1. The summed E-state index contributed by atoms with van der Waals surface area (Å²) < 4.78 is 11.5. The minimum Gasteiger partial charge on any atom is -0.403 e. The van der Waals surface area contributed by atoms with Crippen LogP contribution in [0.3, 0.4) is 0 Å². The van der Waals surface area contributed by atoms with Crippen LogP contribution in [-0.4, -0.2) is 63.2 Å². The fraction of sp³-hybridized carbons (Fsp3) is 0.231. The zero-order chi connectivity index (χ0) is 24.8. The number of nitrogens with one attached hydrogen (secondary N) is 2. The first kappa shape index (κ1) is 21.6. The van der Waals surface area contributed by atoms with Gasteiger partial charge in [0, 0.05) is 43.0 Å². The van der Waals surface area contributed by atoms with Gasteiger partial charge in [0.25, 0.3) is 11.8 Å². The van der Waals surface area contributed by atoms with Gasteiger partial charge in [-0.2, -0.15) is 0 Å². The monoisotopic (exact) mass is 494 g/mol. The number of aromatic nitrogens is 4. The molecule has 8 rings (SSSR count). The maximum atomic E-state index is 13.0. The molecule has 3 saturated heterocycles. The average molecular weight is 495 g/mol. The van der Waals surface area contributed by atoms with E-state index in [2.05, 4.69) is 35.7 Å². The highest BCUT2D eigenvalue weighted by Crippen LogP contribution is 2.30. The van der Waals surface area contributed by atoms with Crippen molar-refractivity contribution in [1.29, 1.82) is 0 Å². The van der Waals surface area contributed by atoms with E-state index < -0.39 is 6.17 Å². The summed E-state index contributed by atoms with van der Waals surface area (Å²) in [5, 5.41) is 14.1. The first-order valence-electron chi connectivity index (χ1n) is 12.1. The molecule has 3 fully saturated rings. The molecule has 0 radical (unpaired) electrons. The number of hydrogen-bond donors (Lipinski definition) is 2. The maximum absolute atomic E-state index is 13.0.